The third-order valence-corrected chi connectivity index (χ3v) is 3.43. The lowest BCUT2D eigenvalue weighted by Crippen LogP contribution is -2.41. The number of amides is 4. The van der Waals surface area contributed by atoms with Crippen LogP contribution in [0.5, 0.6) is 0 Å². The van der Waals surface area contributed by atoms with Gasteiger partial charge in [-0.15, -0.1) is 0 Å². The summed E-state index contributed by atoms with van der Waals surface area (Å²) in [6.45, 7) is 1.50. The molecule has 1 fully saturated rings. The zero-order valence-electron chi connectivity index (χ0n) is 11.4. The first-order chi connectivity index (χ1) is 9.88. The molecule has 4 amide bonds. The topological polar surface area (TPSA) is 116 Å². The summed E-state index contributed by atoms with van der Waals surface area (Å²) in [5.41, 5.74) is 4.70. The molecular weight excluding hydrogens is 272 g/mol. The fourth-order valence-corrected chi connectivity index (χ4v) is 2.22. The second kappa shape index (κ2) is 5.25. The predicted molar refractivity (Wildman–Crippen MR) is 72.6 cm³/mol. The fourth-order valence-electron chi connectivity index (χ4n) is 2.22. The van der Waals surface area contributed by atoms with Crippen LogP contribution in [-0.2, 0) is 15.1 Å². The summed E-state index contributed by atoms with van der Waals surface area (Å²) in [5, 5.41) is 11.5. The first-order valence-corrected chi connectivity index (χ1v) is 6.31. The number of primary amides is 1. The molecule has 21 heavy (non-hydrogen) atoms. The number of benzene rings is 1. The predicted octanol–water partition coefficient (Wildman–Crippen LogP) is 0.201. The Kier molecular flexibility index (Phi) is 3.63. The van der Waals surface area contributed by atoms with Gasteiger partial charge in [0.05, 0.1) is 11.6 Å². The van der Waals surface area contributed by atoms with Crippen molar-refractivity contribution in [3.05, 3.63) is 35.4 Å². The summed E-state index contributed by atoms with van der Waals surface area (Å²) < 4.78 is 0. The molecule has 0 aliphatic carbocycles. The Balaban J connectivity index is 2.31. The van der Waals surface area contributed by atoms with Crippen LogP contribution in [0.15, 0.2) is 24.3 Å². The van der Waals surface area contributed by atoms with Crippen molar-refractivity contribution in [2.24, 2.45) is 5.73 Å². The van der Waals surface area contributed by atoms with Gasteiger partial charge in [-0.3, -0.25) is 14.5 Å². The molecule has 1 aromatic rings. The summed E-state index contributed by atoms with van der Waals surface area (Å²) in [7, 11) is 0. The van der Waals surface area contributed by atoms with Crippen LogP contribution >= 0.6 is 0 Å². The molecule has 0 bridgehead atoms. The summed E-state index contributed by atoms with van der Waals surface area (Å²) in [4.78, 5) is 36.1. The Bertz CT molecular complexity index is 664. The summed E-state index contributed by atoms with van der Waals surface area (Å²) in [5.74, 6) is -1.06. The van der Waals surface area contributed by atoms with Crippen LogP contribution in [0.25, 0.3) is 0 Å². The molecular formula is C14H14N4O3. The highest BCUT2D eigenvalue weighted by molar-refractivity contribution is 6.07. The maximum absolute atomic E-state index is 12.5. The van der Waals surface area contributed by atoms with Gasteiger partial charge in [0.15, 0.2) is 0 Å². The van der Waals surface area contributed by atoms with Crippen molar-refractivity contribution in [1.29, 1.82) is 5.26 Å². The van der Waals surface area contributed by atoms with E-state index in [0.717, 1.165) is 4.90 Å². The zero-order chi connectivity index (χ0) is 15.6. The van der Waals surface area contributed by atoms with Gasteiger partial charge in [-0.05, 0) is 24.6 Å². The number of hydrogen-bond donors (Lipinski definition) is 2. The minimum absolute atomic E-state index is 0.0620. The first-order valence-electron chi connectivity index (χ1n) is 6.31. The highest BCUT2D eigenvalue weighted by Crippen LogP contribution is 2.29. The van der Waals surface area contributed by atoms with Gasteiger partial charge in [-0.2, -0.15) is 5.26 Å². The van der Waals surface area contributed by atoms with E-state index in [1.54, 1.807) is 31.2 Å². The lowest BCUT2D eigenvalue weighted by atomic mass is 9.91. The number of urea groups is 1. The number of carbonyl (C=O) groups is 3. The fraction of sp³-hybridized carbons (Fsp3) is 0.286. The molecule has 1 heterocycles. The Morgan fingerprint density at radius 1 is 1.48 bits per heavy atom. The molecule has 1 aromatic carbocycles. The number of nitrogens with zero attached hydrogens (tertiary/aromatic N) is 2. The normalized spacial score (nSPS) is 21.0. The molecule has 108 valence electrons. The van der Waals surface area contributed by atoms with E-state index in [9.17, 15) is 14.4 Å². The van der Waals surface area contributed by atoms with Crippen molar-refractivity contribution in [2.45, 2.75) is 18.9 Å². The van der Waals surface area contributed by atoms with Crippen LogP contribution in [0.3, 0.4) is 0 Å². The van der Waals surface area contributed by atoms with Crippen molar-refractivity contribution in [3.8, 4) is 6.07 Å². The van der Waals surface area contributed by atoms with Gasteiger partial charge in [0.25, 0.3) is 5.91 Å². The van der Waals surface area contributed by atoms with Gasteiger partial charge in [0.2, 0.25) is 5.91 Å². The van der Waals surface area contributed by atoms with Crippen LogP contribution in [0.1, 0.15) is 24.5 Å². The summed E-state index contributed by atoms with van der Waals surface area (Å²) in [6, 6.07) is 7.88. The number of nitrogens with one attached hydrogen (secondary N) is 1. The van der Waals surface area contributed by atoms with E-state index in [2.05, 4.69) is 5.32 Å². The number of nitrogens with two attached hydrogens (primary N) is 1. The quantitative estimate of drug-likeness (QED) is 0.769. The molecule has 1 aliphatic rings. The molecule has 0 unspecified atom stereocenters. The van der Waals surface area contributed by atoms with E-state index in [1.165, 1.54) is 0 Å². The molecule has 1 atom stereocenters. The highest BCUT2D eigenvalue weighted by Gasteiger charge is 2.48. The minimum Gasteiger partial charge on any atom is -0.370 e. The van der Waals surface area contributed by atoms with Crippen molar-refractivity contribution in [2.75, 3.05) is 6.54 Å². The minimum atomic E-state index is -1.25. The van der Waals surface area contributed by atoms with Crippen LogP contribution in [0.2, 0.25) is 0 Å². The molecule has 0 saturated carbocycles. The number of imide groups is 1. The van der Waals surface area contributed by atoms with Gasteiger partial charge in [0, 0.05) is 13.0 Å². The smallest absolute Gasteiger partial charge is 0.325 e. The maximum atomic E-state index is 12.5. The van der Waals surface area contributed by atoms with E-state index in [-0.39, 0.29) is 13.0 Å². The molecule has 0 radical (unpaired) electrons. The summed E-state index contributed by atoms with van der Waals surface area (Å²) >= 11 is 0. The van der Waals surface area contributed by atoms with Gasteiger partial charge >= 0.3 is 6.03 Å². The van der Waals surface area contributed by atoms with E-state index in [4.69, 9.17) is 11.0 Å². The van der Waals surface area contributed by atoms with Crippen molar-refractivity contribution < 1.29 is 14.4 Å². The standard InChI is InChI=1S/C14H14N4O3/c1-14(10-4-2-3-9(7-10)8-15)12(20)18(13(21)17-14)6-5-11(16)19/h2-4,7H,5-6H2,1H3,(H2,16,19)(H,17,21)/t14-/m1/s1. The molecule has 2 rings (SSSR count). The molecule has 0 spiro atoms. The first kappa shape index (κ1) is 14.5. The second-order valence-corrected chi connectivity index (χ2v) is 4.92. The van der Waals surface area contributed by atoms with Crippen molar-refractivity contribution >= 4 is 17.8 Å². The van der Waals surface area contributed by atoms with E-state index in [1.807, 2.05) is 6.07 Å². The van der Waals surface area contributed by atoms with Crippen LogP contribution < -0.4 is 11.1 Å². The number of carbonyl (C=O) groups excluding carboxylic acids is 3. The molecule has 3 N–H and O–H groups in total. The van der Waals surface area contributed by atoms with Crippen LogP contribution in [0.4, 0.5) is 4.79 Å². The SMILES string of the molecule is C[C@]1(c2cccc(C#N)c2)NC(=O)N(CCC(N)=O)C1=O. The Hall–Kier alpha value is -2.88. The molecule has 7 nitrogen and oxygen atoms in total. The van der Waals surface area contributed by atoms with Crippen molar-refractivity contribution in [3.63, 3.8) is 0 Å². The van der Waals surface area contributed by atoms with Gasteiger partial charge < -0.3 is 11.1 Å². The Labute approximate surface area is 121 Å². The third-order valence-electron chi connectivity index (χ3n) is 3.43. The largest absolute Gasteiger partial charge is 0.370 e. The molecule has 7 heteroatoms. The highest BCUT2D eigenvalue weighted by atomic mass is 16.2. The molecule has 1 aliphatic heterocycles. The second-order valence-electron chi connectivity index (χ2n) is 4.92. The zero-order valence-corrected chi connectivity index (χ0v) is 11.4. The molecule has 1 saturated heterocycles. The Morgan fingerprint density at radius 2 is 2.19 bits per heavy atom. The van der Waals surface area contributed by atoms with Crippen LogP contribution in [0, 0.1) is 11.3 Å². The van der Waals surface area contributed by atoms with Gasteiger partial charge in [0.1, 0.15) is 5.54 Å². The lowest BCUT2D eigenvalue weighted by Gasteiger charge is -2.22. The monoisotopic (exact) mass is 286 g/mol. The van der Waals surface area contributed by atoms with Gasteiger partial charge in [-0.25, -0.2) is 4.79 Å². The van der Waals surface area contributed by atoms with Crippen molar-refractivity contribution in [1.82, 2.24) is 10.2 Å². The van der Waals surface area contributed by atoms with Gasteiger partial charge in [-0.1, -0.05) is 12.1 Å². The van der Waals surface area contributed by atoms with Crippen LogP contribution in [-0.4, -0.2) is 29.3 Å². The molecule has 0 aromatic heterocycles. The number of hydrogen-bond acceptors (Lipinski definition) is 4. The maximum Gasteiger partial charge on any atom is 0.325 e. The van der Waals surface area contributed by atoms with E-state index in [0.29, 0.717) is 11.1 Å². The Morgan fingerprint density at radius 3 is 2.81 bits per heavy atom. The third kappa shape index (κ3) is 2.56. The summed E-state index contributed by atoms with van der Waals surface area (Å²) in [6.07, 6.45) is -0.0898. The lowest BCUT2D eigenvalue weighted by molar-refractivity contribution is -0.131. The number of rotatable bonds is 4. The average molecular weight is 286 g/mol. The average Bonchev–Trinajstić information content (AvgIpc) is 2.68. The van der Waals surface area contributed by atoms with E-state index < -0.39 is 23.4 Å². The number of nitriles is 1. The van der Waals surface area contributed by atoms with E-state index >= 15 is 0 Å².